The van der Waals surface area contributed by atoms with Crippen LogP contribution in [0.3, 0.4) is 0 Å². The van der Waals surface area contributed by atoms with Gasteiger partial charge in [-0.25, -0.2) is 0 Å². The van der Waals surface area contributed by atoms with Crippen LogP contribution >= 0.6 is 0 Å². The number of allylic oxidation sites excluding steroid dienone is 3. The molecule has 0 aliphatic rings. The third kappa shape index (κ3) is 15.9. The van der Waals surface area contributed by atoms with Crippen LogP contribution in [0.5, 0.6) is 0 Å². The number of carbonyl (C=O) groups excluding carboxylic acids is 4. The highest BCUT2D eigenvalue weighted by Crippen LogP contribution is 2.37. The first-order valence-electron chi connectivity index (χ1n) is 15.7. The molecule has 0 aliphatic heterocycles. The van der Waals surface area contributed by atoms with Crippen LogP contribution in [0, 0.1) is 5.41 Å². The van der Waals surface area contributed by atoms with Crippen LogP contribution in [-0.4, -0.2) is 41.7 Å². The number of unbranched alkanes of at least 4 members (excludes halogenated alkanes) is 2. The molecule has 0 unspecified atom stereocenters. The van der Waals surface area contributed by atoms with Gasteiger partial charge in [0, 0.05) is 12.8 Å². The number of hydrogen-bond acceptors (Lipinski definition) is 8. The van der Waals surface area contributed by atoms with Gasteiger partial charge < -0.3 is 18.9 Å². The van der Waals surface area contributed by atoms with Crippen LogP contribution in [0.2, 0.25) is 0 Å². The van der Waals surface area contributed by atoms with Crippen molar-refractivity contribution in [3.8, 4) is 0 Å². The Balaban J connectivity index is 2.93. The molecule has 0 aliphatic carbocycles. The Morgan fingerprint density at radius 2 is 1.25 bits per heavy atom. The number of ether oxygens (including phenoxy) is 4. The summed E-state index contributed by atoms with van der Waals surface area (Å²) < 4.78 is 22.3. The predicted octanol–water partition coefficient (Wildman–Crippen LogP) is 7.98. The second-order valence-electron chi connectivity index (χ2n) is 13.0. The summed E-state index contributed by atoms with van der Waals surface area (Å²) in [6.07, 6.45) is 8.91. The fourth-order valence-corrected chi connectivity index (χ4v) is 4.36. The summed E-state index contributed by atoms with van der Waals surface area (Å²) in [5.74, 6) is -2.04. The Labute approximate surface area is 264 Å². The molecule has 0 N–H and O–H groups in total. The van der Waals surface area contributed by atoms with Crippen LogP contribution in [-0.2, 0) is 44.7 Å². The number of carbonyl (C=O) groups is 4. The highest BCUT2D eigenvalue weighted by molar-refractivity contribution is 6.00. The molecular formula is C36H54O8. The van der Waals surface area contributed by atoms with Gasteiger partial charge in [0.25, 0.3) is 0 Å². The van der Waals surface area contributed by atoms with Crippen LogP contribution in [0.15, 0.2) is 54.1 Å². The molecule has 0 saturated carbocycles. The molecule has 1 aromatic rings. The van der Waals surface area contributed by atoms with Gasteiger partial charge in [-0.15, -0.1) is 0 Å². The first kappa shape index (κ1) is 38.6. The van der Waals surface area contributed by atoms with E-state index in [9.17, 15) is 19.2 Å². The van der Waals surface area contributed by atoms with Crippen LogP contribution in [0.25, 0.3) is 0 Å². The van der Waals surface area contributed by atoms with Crippen molar-refractivity contribution in [3.63, 3.8) is 0 Å². The Bertz CT molecular complexity index is 1080. The van der Waals surface area contributed by atoms with Gasteiger partial charge in [-0.3, -0.25) is 19.2 Å². The summed E-state index contributed by atoms with van der Waals surface area (Å²) in [6, 6.07) is 9.47. The Morgan fingerprint density at radius 1 is 0.705 bits per heavy atom. The molecule has 0 bridgehead atoms. The maximum absolute atomic E-state index is 13.7. The lowest BCUT2D eigenvalue weighted by atomic mass is 9.77. The fraction of sp³-hybridized carbons (Fsp3) is 0.611. The smallest absolute Gasteiger partial charge is 0.324 e. The van der Waals surface area contributed by atoms with Crippen molar-refractivity contribution in [3.05, 3.63) is 59.7 Å². The normalized spacial score (nSPS) is 12.6. The van der Waals surface area contributed by atoms with Crippen molar-refractivity contribution in [1.82, 2.24) is 0 Å². The van der Waals surface area contributed by atoms with E-state index < -0.39 is 34.5 Å². The summed E-state index contributed by atoms with van der Waals surface area (Å²) in [7, 11) is 0. The van der Waals surface area contributed by atoms with Crippen molar-refractivity contribution < 1.29 is 38.1 Å². The SMILES string of the molecule is C/C=C\C/C(=C\C)COC(=O)CCCC(CCCCCC(=O)OCc1ccccc1)(C(=O)OC(C)(C)C)C(=O)OC(C)(C)C. The number of rotatable bonds is 18. The van der Waals surface area contributed by atoms with Gasteiger partial charge in [0.1, 0.15) is 24.4 Å². The van der Waals surface area contributed by atoms with Crippen molar-refractivity contribution in [2.24, 2.45) is 5.41 Å². The highest BCUT2D eigenvalue weighted by Gasteiger charge is 2.50. The molecule has 44 heavy (non-hydrogen) atoms. The summed E-state index contributed by atoms with van der Waals surface area (Å²) in [4.78, 5) is 52.2. The third-order valence-corrected chi connectivity index (χ3v) is 6.73. The number of benzene rings is 1. The van der Waals surface area contributed by atoms with E-state index >= 15 is 0 Å². The molecule has 8 nitrogen and oxygen atoms in total. The van der Waals surface area contributed by atoms with Gasteiger partial charge in [-0.2, -0.15) is 0 Å². The zero-order valence-electron chi connectivity index (χ0n) is 28.2. The second-order valence-corrected chi connectivity index (χ2v) is 13.0. The minimum Gasteiger partial charge on any atom is -0.461 e. The van der Waals surface area contributed by atoms with E-state index in [1.165, 1.54) is 0 Å². The molecule has 0 aromatic heterocycles. The summed E-state index contributed by atoms with van der Waals surface area (Å²) >= 11 is 0. The van der Waals surface area contributed by atoms with Gasteiger partial charge in [0.05, 0.1) is 0 Å². The number of hydrogen-bond donors (Lipinski definition) is 0. The largest absolute Gasteiger partial charge is 0.461 e. The van der Waals surface area contributed by atoms with Gasteiger partial charge in [-0.05, 0) is 98.6 Å². The lowest BCUT2D eigenvalue weighted by molar-refractivity contribution is -0.187. The minimum absolute atomic E-state index is 0.0429. The molecule has 1 rings (SSSR count). The van der Waals surface area contributed by atoms with Crippen LogP contribution in [0.1, 0.15) is 119 Å². The van der Waals surface area contributed by atoms with Crippen molar-refractivity contribution >= 4 is 23.9 Å². The molecule has 0 heterocycles. The van der Waals surface area contributed by atoms with Crippen LogP contribution < -0.4 is 0 Å². The van der Waals surface area contributed by atoms with Crippen molar-refractivity contribution in [2.75, 3.05) is 6.61 Å². The molecule has 0 amide bonds. The second kappa shape index (κ2) is 19.1. The quantitative estimate of drug-likeness (QED) is 0.0539. The predicted molar refractivity (Wildman–Crippen MR) is 171 cm³/mol. The van der Waals surface area contributed by atoms with E-state index in [0.717, 1.165) is 11.1 Å². The standard InChI is InChI=1S/C36H54O8/c1-9-11-19-28(10-2)26-41-31(38)23-18-25-36(32(39)43-34(3,4)5,33(40)44-35(6,7)8)24-17-13-16-22-30(37)42-27-29-20-14-12-15-21-29/h9-12,14-15,20-21H,13,16-19,22-27H2,1-8H3/b11-9-,28-10+. The highest BCUT2D eigenvalue weighted by atomic mass is 16.6. The van der Waals surface area contributed by atoms with E-state index in [1.54, 1.807) is 41.5 Å². The zero-order valence-corrected chi connectivity index (χ0v) is 28.2. The molecule has 0 saturated heterocycles. The minimum atomic E-state index is -1.60. The summed E-state index contributed by atoms with van der Waals surface area (Å²) in [5.41, 5.74) is -1.37. The molecule has 0 atom stereocenters. The lowest BCUT2D eigenvalue weighted by Gasteiger charge is -2.35. The molecule has 0 spiro atoms. The Kier molecular flexibility index (Phi) is 16.7. The van der Waals surface area contributed by atoms with Gasteiger partial charge in [0.15, 0.2) is 5.41 Å². The Morgan fingerprint density at radius 3 is 1.80 bits per heavy atom. The molecule has 0 fully saturated rings. The van der Waals surface area contributed by atoms with E-state index in [-0.39, 0.29) is 51.3 Å². The lowest BCUT2D eigenvalue weighted by Crippen LogP contribution is -2.47. The van der Waals surface area contributed by atoms with E-state index in [2.05, 4.69) is 0 Å². The van der Waals surface area contributed by atoms with Gasteiger partial charge in [-0.1, -0.05) is 61.4 Å². The fourth-order valence-electron chi connectivity index (χ4n) is 4.36. The van der Waals surface area contributed by atoms with Gasteiger partial charge in [0.2, 0.25) is 0 Å². The molecule has 8 heteroatoms. The third-order valence-electron chi connectivity index (χ3n) is 6.73. The summed E-state index contributed by atoms with van der Waals surface area (Å²) in [6.45, 7) is 14.7. The maximum Gasteiger partial charge on any atom is 0.324 e. The van der Waals surface area contributed by atoms with Crippen LogP contribution in [0.4, 0.5) is 0 Å². The zero-order chi connectivity index (χ0) is 33.2. The summed E-state index contributed by atoms with van der Waals surface area (Å²) in [5, 5.41) is 0. The maximum atomic E-state index is 13.7. The van der Waals surface area contributed by atoms with E-state index in [1.807, 2.05) is 62.4 Å². The first-order chi connectivity index (χ1) is 20.6. The topological polar surface area (TPSA) is 105 Å². The molecule has 0 radical (unpaired) electrons. The first-order valence-corrected chi connectivity index (χ1v) is 15.7. The molecule has 246 valence electrons. The van der Waals surface area contributed by atoms with E-state index in [4.69, 9.17) is 18.9 Å². The van der Waals surface area contributed by atoms with Crippen molar-refractivity contribution in [2.45, 2.75) is 131 Å². The van der Waals surface area contributed by atoms with E-state index in [0.29, 0.717) is 25.7 Å². The van der Waals surface area contributed by atoms with Gasteiger partial charge >= 0.3 is 23.9 Å². The average molecular weight is 615 g/mol. The molecule has 1 aromatic carbocycles. The monoisotopic (exact) mass is 614 g/mol. The number of esters is 4. The Hall–Kier alpha value is -3.42. The molecular weight excluding hydrogens is 560 g/mol. The average Bonchev–Trinajstić information content (AvgIpc) is 2.93. The van der Waals surface area contributed by atoms with Crippen molar-refractivity contribution in [1.29, 1.82) is 0 Å².